The zero-order chi connectivity index (χ0) is 22.7. The molecule has 3 aromatic rings. The lowest BCUT2D eigenvalue weighted by Gasteiger charge is -2.25. The first kappa shape index (κ1) is 22.6. The molecule has 0 bridgehead atoms. The van der Waals surface area contributed by atoms with Gasteiger partial charge < -0.3 is 13.6 Å². The predicted molar refractivity (Wildman–Crippen MR) is 117 cm³/mol. The topological polar surface area (TPSA) is 116 Å². The van der Waals surface area contributed by atoms with Gasteiger partial charge in [-0.25, -0.2) is 13.2 Å². The standard InChI is InChI=1S/C21H23N3O6S2/c1-14-18(20(25)28-2)12-16(29-14)13-31-21-23-22-19(30-21)15-7-6-8-17(11-15)32(26,27)24-9-4-3-5-10-24/h6-8,11-12H,3-5,9-10,13H2,1-2H3. The fraction of sp³-hybridized carbons (Fsp3) is 0.381. The van der Waals surface area contributed by atoms with Gasteiger partial charge in [0.1, 0.15) is 17.1 Å². The predicted octanol–water partition coefficient (Wildman–Crippen LogP) is 3.89. The summed E-state index contributed by atoms with van der Waals surface area (Å²) < 4.78 is 43.4. The minimum atomic E-state index is -3.55. The molecule has 1 fully saturated rings. The second kappa shape index (κ2) is 9.47. The summed E-state index contributed by atoms with van der Waals surface area (Å²) in [5, 5.41) is 8.37. The molecular weight excluding hydrogens is 454 g/mol. The molecule has 32 heavy (non-hydrogen) atoms. The van der Waals surface area contributed by atoms with Crippen LogP contribution in [0.5, 0.6) is 0 Å². The number of furan rings is 1. The van der Waals surface area contributed by atoms with E-state index in [2.05, 4.69) is 10.2 Å². The van der Waals surface area contributed by atoms with Gasteiger partial charge in [-0.2, -0.15) is 4.31 Å². The number of carbonyl (C=O) groups is 1. The van der Waals surface area contributed by atoms with Crippen LogP contribution in [0.25, 0.3) is 11.5 Å². The van der Waals surface area contributed by atoms with Crippen LogP contribution < -0.4 is 0 Å². The maximum atomic E-state index is 12.9. The lowest BCUT2D eigenvalue weighted by Crippen LogP contribution is -2.35. The van der Waals surface area contributed by atoms with Crippen molar-refractivity contribution >= 4 is 27.8 Å². The highest BCUT2D eigenvalue weighted by Gasteiger charge is 2.26. The number of nitrogens with zero attached hydrogens (tertiary/aromatic N) is 3. The molecule has 3 heterocycles. The Morgan fingerprint density at radius 3 is 2.69 bits per heavy atom. The molecule has 1 aromatic carbocycles. The van der Waals surface area contributed by atoms with E-state index in [0.29, 0.717) is 46.7 Å². The Bertz CT molecular complexity index is 1210. The summed E-state index contributed by atoms with van der Waals surface area (Å²) in [6.07, 6.45) is 2.80. The monoisotopic (exact) mass is 477 g/mol. The van der Waals surface area contributed by atoms with E-state index < -0.39 is 16.0 Å². The lowest BCUT2D eigenvalue weighted by atomic mass is 10.2. The van der Waals surface area contributed by atoms with Crippen molar-refractivity contribution in [2.45, 2.75) is 42.1 Å². The molecule has 0 aliphatic carbocycles. The Morgan fingerprint density at radius 2 is 1.94 bits per heavy atom. The number of carbonyl (C=O) groups excluding carboxylic acids is 1. The SMILES string of the molecule is COC(=O)c1cc(CSc2nnc(-c3cccc(S(=O)(=O)N4CCCCC4)c3)o2)oc1C. The molecule has 0 saturated carbocycles. The van der Waals surface area contributed by atoms with Gasteiger partial charge in [-0.15, -0.1) is 10.2 Å². The Labute approximate surface area is 190 Å². The zero-order valence-electron chi connectivity index (χ0n) is 17.7. The number of rotatable bonds is 7. The minimum absolute atomic E-state index is 0.214. The Balaban J connectivity index is 1.47. The van der Waals surface area contributed by atoms with E-state index in [1.165, 1.54) is 23.2 Å². The summed E-state index contributed by atoms with van der Waals surface area (Å²) in [7, 11) is -2.24. The molecular formula is C21H23N3O6S2. The van der Waals surface area contributed by atoms with Crippen LogP contribution in [0.2, 0.25) is 0 Å². The van der Waals surface area contributed by atoms with Gasteiger partial charge in [0.25, 0.3) is 5.22 Å². The van der Waals surface area contributed by atoms with Gasteiger partial charge in [0, 0.05) is 18.7 Å². The summed E-state index contributed by atoms with van der Waals surface area (Å²) in [5.74, 6) is 1.20. The number of ether oxygens (including phenoxy) is 1. The highest BCUT2D eigenvalue weighted by atomic mass is 32.2. The van der Waals surface area contributed by atoms with Gasteiger partial charge in [-0.3, -0.25) is 0 Å². The number of methoxy groups -OCH3 is 1. The maximum Gasteiger partial charge on any atom is 0.341 e. The molecule has 1 aliphatic rings. The molecule has 1 saturated heterocycles. The van der Waals surface area contributed by atoms with Crippen LogP contribution in [0.4, 0.5) is 0 Å². The molecule has 0 spiro atoms. The molecule has 170 valence electrons. The number of piperidine rings is 1. The minimum Gasteiger partial charge on any atom is -0.465 e. The first-order chi connectivity index (χ1) is 15.4. The van der Waals surface area contributed by atoms with E-state index in [-0.39, 0.29) is 10.8 Å². The number of hydrogen-bond donors (Lipinski definition) is 0. The van der Waals surface area contributed by atoms with E-state index >= 15 is 0 Å². The average Bonchev–Trinajstić information content (AvgIpc) is 3.44. The van der Waals surface area contributed by atoms with Crippen LogP contribution in [-0.2, 0) is 20.5 Å². The van der Waals surface area contributed by atoms with E-state index in [1.54, 1.807) is 37.3 Å². The van der Waals surface area contributed by atoms with Gasteiger partial charge in [-0.1, -0.05) is 24.2 Å². The number of aromatic nitrogens is 2. The quantitative estimate of drug-likeness (QED) is 0.369. The summed E-state index contributed by atoms with van der Waals surface area (Å²) in [6.45, 7) is 2.77. The van der Waals surface area contributed by atoms with Crippen molar-refractivity contribution in [3.8, 4) is 11.5 Å². The van der Waals surface area contributed by atoms with Crippen molar-refractivity contribution < 1.29 is 26.8 Å². The molecule has 2 aromatic heterocycles. The van der Waals surface area contributed by atoms with Gasteiger partial charge in [0.15, 0.2) is 0 Å². The molecule has 4 rings (SSSR count). The van der Waals surface area contributed by atoms with Crippen LogP contribution >= 0.6 is 11.8 Å². The van der Waals surface area contributed by atoms with Crippen LogP contribution in [0.1, 0.15) is 41.1 Å². The smallest absolute Gasteiger partial charge is 0.341 e. The number of sulfonamides is 1. The second-order valence-electron chi connectivity index (χ2n) is 7.33. The maximum absolute atomic E-state index is 12.9. The van der Waals surface area contributed by atoms with Gasteiger partial charge in [-0.05, 0) is 44.0 Å². The van der Waals surface area contributed by atoms with Gasteiger partial charge in [0.2, 0.25) is 15.9 Å². The van der Waals surface area contributed by atoms with Crippen LogP contribution in [0, 0.1) is 6.92 Å². The fourth-order valence-electron chi connectivity index (χ4n) is 3.49. The molecule has 0 atom stereocenters. The van der Waals surface area contributed by atoms with Crippen molar-refractivity contribution in [1.82, 2.24) is 14.5 Å². The summed E-state index contributed by atoms with van der Waals surface area (Å²) in [6, 6.07) is 8.17. The van der Waals surface area contributed by atoms with Crippen molar-refractivity contribution in [3.05, 3.63) is 47.4 Å². The zero-order valence-corrected chi connectivity index (χ0v) is 19.4. The second-order valence-corrected chi connectivity index (χ2v) is 10.2. The Morgan fingerprint density at radius 1 is 1.16 bits per heavy atom. The number of hydrogen-bond acceptors (Lipinski definition) is 9. The van der Waals surface area contributed by atoms with E-state index in [0.717, 1.165) is 19.3 Å². The summed E-state index contributed by atoms with van der Waals surface area (Å²) >= 11 is 1.25. The largest absolute Gasteiger partial charge is 0.465 e. The highest BCUT2D eigenvalue weighted by Crippen LogP contribution is 2.29. The van der Waals surface area contributed by atoms with Crippen LogP contribution in [-0.4, -0.2) is 49.1 Å². The van der Waals surface area contributed by atoms with Gasteiger partial charge >= 0.3 is 5.97 Å². The number of benzene rings is 1. The highest BCUT2D eigenvalue weighted by molar-refractivity contribution is 7.98. The van der Waals surface area contributed by atoms with Crippen molar-refractivity contribution in [3.63, 3.8) is 0 Å². The first-order valence-corrected chi connectivity index (χ1v) is 12.6. The fourth-order valence-corrected chi connectivity index (χ4v) is 5.70. The summed E-state index contributed by atoms with van der Waals surface area (Å²) in [4.78, 5) is 11.9. The number of thioether (sulfide) groups is 1. The Hall–Kier alpha value is -2.63. The summed E-state index contributed by atoms with van der Waals surface area (Å²) in [5.41, 5.74) is 0.908. The first-order valence-electron chi connectivity index (χ1n) is 10.1. The number of aryl methyl sites for hydroxylation is 1. The third-order valence-corrected chi connectivity index (χ3v) is 7.89. The van der Waals surface area contributed by atoms with E-state index in [4.69, 9.17) is 13.6 Å². The molecule has 0 N–H and O–H groups in total. The van der Waals surface area contributed by atoms with Crippen molar-refractivity contribution in [2.75, 3.05) is 20.2 Å². The Kier molecular flexibility index (Phi) is 6.68. The molecule has 0 unspecified atom stereocenters. The van der Waals surface area contributed by atoms with E-state index in [1.807, 2.05) is 0 Å². The molecule has 9 nitrogen and oxygen atoms in total. The van der Waals surface area contributed by atoms with Gasteiger partial charge in [0.05, 0.1) is 17.8 Å². The average molecular weight is 478 g/mol. The van der Waals surface area contributed by atoms with E-state index in [9.17, 15) is 13.2 Å². The molecule has 0 radical (unpaired) electrons. The molecule has 11 heteroatoms. The molecule has 0 amide bonds. The number of esters is 1. The molecule has 1 aliphatic heterocycles. The third kappa shape index (κ3) is 4.74. The van der Waals surface area contributed by atoms with Crippen LogP contribution in [0.15, 0.2) is 49.3 Å². The normalized spacial score (nSPS) is 15.1. The lowest BCUT2D eigenvalue weighted by molar-refractivity contribution is 0.0598. The van der Waals surface area contributed by atoms with Crippen molar-refractivity contribution in [1.29, 1.82) is 0 Å². The third-order valence-electron chi connectivity index (χ3n) is 5.15. The van der Waals surface area contributed by atoms with Crippen molar-refractivity contribution in [2.24, 2.45) is 0 Å². The van der Waals surface area contributed by atoms with Crippen LogP contribution in [0.3, 0.4) is 0 Å².